The van der Waals surface area contributed by atoms with E-state index in [0.29, 0.717) is 5.75 Å². The van der Waals surface area contributed by atoms with Gasteiger partial charge in [-0.05, 0) is 17.7 Å². The third kappa shape index (κ3) is 3.09. The first-order valence-electron chi connectivity index (χ1n) is 6.98. The van der Waals surface area contributed by atoms with Crippen LogP contribution in [0.1, 0.15) is 5.56 Å². The summed E-state index contributed by atoms with van der Waals surface area (Å²) < 4.78 is 10.6. The first kappa shape index (κ1) is 14.1. The number of carbonyl (C=O) groups excluding carboxylic acids is 2. The minimum absolute atomic E-state index is 0.0360. The average Bonchev–Trinajstić information content (AvgIpc) is 2.90. The second kappa shape index (κ2) is 6.30. The summed E-state index contributed by atoms with van der Waals surface area (Å²) in [6.07, 6.45) is -1.27. The first-order valence-corrected chi connectivity index (χ1v) is 6.98. The average molecular weight is 297 g/mol. The van der Waals surface area contributed by atoms with E-state index in [2.05, 4.69) is 0 Å². The van der Waals surface area contributed by atoms with E-state index in [4.69, 9.17) is 9.47 Å². The minimum atomic E-state index is -0.730. The van der Waals surface area contributed by atoms with Gasteiger partial charge in [0.1, 0.15) is 12.4 Å². The van der Waals surface area contributed by atoms with Gasteiger partial charge >= 0.3 is 6.09 Å². The van der Waals surface area contributed by atoms with Gasteiger partial charge in [-0.2, -0.15) is 0 Å². The highest BCUT2D eigenvalue weighted by Gasteiger charge is 2.39. The number of nitrogens with zero attached hydrogens (tertiary/aromatic N) is 1. The van der Waals surface area contributed by atoms with Crippen LogP contribution in [0.5, 0.6) is 5.75 Å². The molecular weight excluding hydrogens is 282 g/mol. The number of amides is 2. The topological polar surface area (TPSA) is 55.8 Å². The lowest BCUT2D eigenvalue weighted by Crippen LogP contribution is -2.43. The van der Waals surface area contributed by atoms with Crippen molar-refractivity contribution < 1.29 is 19.1 Å². The molecule has 0 aromatic heterocycles. The number of carbonyl (C=O) groups is 2. The Bertz CT molecular complexity index is 657. The van der Waals surface area contributed by atoms with Crippen LogP contribution >= 0.6 is 0 Å². The normalized spacial score (nSPS) is 17.2. The predicted molar refractivity (Wildman–Crippen MR) is 79.2 cm³/mol. The van der Waals surface area contributed by atoms with Gasteiger partial charge in [-0.25, -0.2) is 9.69 Å². The van der Waals surface area contributed by atoms with Crippen molar-refractivity contribution in [1.82, 2.24) is 4.90 Å². The largest absolute Gasteiger partial charge is 0.466 e. The second-order valence-corrected chi connectivity index (χ2v) is 4.89. The van der Waals surface area contributed by atoms with Gasteiger partial charge < -0.3 is 9.47 Å². The van der Waals surface area contributed by atoms with Crippen LogP contribution in [0.15, 0.2) is 60.7 Å². The van der Waals surface area contributed by atoms with Gasteiger partial charge in [-0.1, -0.05) is 48.5 Å². The van der Waals surface area contributed by atoms with E-state index in [1.165, 1.54) is 0 Å². The maximum Gasteiger partial charge on any atom is 0.419 e. The molecule has 112 valence electrons. The first-order chi connectivity index (χ1) is 10.7. The standard InChI is InChI=1S/C17H15NO4/c19-15(11-13-7-3-1-4-8-13)18-16(12-21-17(18)20)22-14-9-5-2-6-10-14/h1-10,16H,11-12H2. The number of benzene rings is 2. The molecule has 0 bridgehead atoms. The van der Waals surface area contributed by atoms with Crippen LogP contribution in [-0.4, -0.2) is 29.7 Å². The van der Waals surface area contributed by atoms with Crippen LogP contribution in [-0.2, 0) is 16.0 Å². The summed E-state index contributed by atoms with van der Waals surface area (Å²) in [5.74, 6) is 0.248. The number of hydrogen-bond donors (Lipinski definition) is 0. The van der Waals surface area contributed by atoms with Crippen LogP contribution in [0.4, 0.5) is 4.79 Å². The van der Waals surface area contributed by atoms with E-state index < -0.39 is 12.3 Å². The van der Waals surface area contributed by atoms with Crippen LogP contribution in [0.3, 0.4) is 0 Å². The summed E-state index contributed by atoms with van der Waals surface area (Å²) in [4.78, 5) is 25.2. The Morgan fingerprint density at radius 3 is 2.41 bits per heavy atom. The molecule has 2 amide bonds. The number of para-hydroxylation sites is 1. The molecule has 0 N–H and O–H groups in total. The van der Waals surface area contributed by atoms with Crippen molar-refractivity contribution in [2.24, 2.45) is 0 Å². The molecule has 1 aliphatic rings. The molecule has 0 spiro atoms. The van der Waals surface area contributed by atoms with Crippen molar-refractivity contribution in [2.75, 3.05) is 6.61 Å². The molecule has 0 aliphatic carbocycles. The van der Waals surface area contributed by atoms with E-state index in [-0.39, 0.29) is 18.9 Å². The van der Waals surface area contributed by atoms with Crippen molar-refractivity contribution in [3.8, 4) is 5.75 Å². The third-order valence-corrected chi connectivity index (χ3v) is 3.32. The highest BCUT2D eigenvalue weighted by Crippen LogP contribution is 2.19. The third-order valence-electron chi connectivity index (χ3n) is 3.32. The van der Waals surface area contributed by atoms with E-state index in [1.54, 1.807) is 12.1 Å². The van der Waals surface area contributed by atoms with Gasteiger partial charge in [0.15, 0.2) is 0 Å². The molecule has 2 aromatic rings. The summed E-state index contributed by atoms with van der Waals surface area (Å²) in [5.41, 5.74) is 0.839. The minimum Gasteiger partial charge on any atom is -0.466 e. The van der Waals surface area contributed by atoms with Crippen molar-refractivity contribution >= 4 is 12.0 Å². The van der Waals surface area contributed by atoms with Gasteiger partial charge in [0.25, 0.3) is 0 Å². The maximum atomic E-state index is 12.4. The molecule has 0 saturated carbocycles. The van der Waals surface area contributed by atoms with Gasteiger partial charge in [-0.15, -0.1) is 0 Å². The van der Waals surface area contributed by atoms with Gasteiger partial charge in [0, 0.05) is 0 Å². The van der Waals surface area contributed by atoms with Gasteiger partial charge in [0.05, 0.1) is 6.42 Å². The molecule has 0 radical (unpaired) electrons. The molecule has 1 unspecified atom stereocenters. The molecule has 22 heavy (non-hydrogen) atoms. The van der Waals surface area contributed by atoms with Crippen molar-refractivity contribution in [3.63, 3.8) is 0 Å². The Labute approximate surface area is 128 Å². The molecule has 5 nitrogen and oxygen atoms in total. The van der Waals surface area contributed by atoms with Gasteiger partial charge in [-0.3, -0.25) is 4.79 Å². The summed E-state index contributed by atoms with van der Waals surface area (Å²) in [7, 11) is 0. The van der Waals surface area contributed by atoms with Crippen LogP contribution in [0, 0.1) is 0 Å². The molecule has 1 aliphatic heterocycles. The highest BCUT2D eigenvalue weighted by molar-refractivity contribution is 5.94. The Kier molecular flexibility index (Phi) is 4.05. The summed E-state index contributed by atoms with van der Waals surface area (Å²) in [6.45, 7) is 0.0360. The SMILES string of the molecule is O=C(Cc1ccccc1)N1C(=O)OCC1Oc1ccccc1. The van der Waals surface area contributed by atoms with Crippen LogP contribution in [0.2, 0.25) is 0 Å². The lowest BCUT2D eigenvalue weighted by molar-refractivity contribution is -0.132. The van der Waals surface area contributed by atoms with E-state index in [1.807, 2.05) is 48.5 Å². The van der Waals surface area contributed by atoms with Crippen LogP contribution in [0.25, 0.3) is 0 Å². The van der Waals surface area contributed by atoms with Crippen molar-refractivity contribution in [1.29, 1.82) is 0 Å². The summed E-state index contributed by atoms with van der Waals surface area (Å²) in [6, 6.07) is 18.3. The lowest BCUT2D eigenvalue weighted by Gasteiger charge is -2.20. The smallest absolute Gasteiger partial charge is 0.419 e. The van der Waals surface area contributed by atoms with Gasteiger partial charge in [0.2, 0.25) is 12.1 Å². The summed E-state index contributed by atoms with van der Waals surface area (Å²) in [5, 5.41) is 0. The fourth-order valence-electron chi connectivity index (χ4n) is 2.27. The fourth-order valence-corrected chi connectivity index (χ4v) is 2.27. The van der Waals surface area contributed by atoms with E-state index >= 15 is 0 Å². The number of ether oxygens (including phenoxy) is 2. The number of imide groups is 1. The Morgan fingerprint density at radius 2 is 1.73 bits per heavy atom. The Morgan fingerprint density at radius 1 is 1.09 bits per heavy atom. The zero-order valence-corrected chi connectivity index (χ0v) is 11.8. The fraction of sp³-hybridized carbons (Fsp3) is 0.176. The lowest BCUT2D eigenvalue weighted by atomic mass is 10.1. The highest BCUT2D eigenvalue weighted by atomic mass is 16.6. The molecule has 2 aromatic carbocycles. The maximum absolute atomic E-state index is 12.4. The molecule has 5 heteroatoms. The predicted octanol–water partition coefficient (Wildman–Crippen LogP) is 2.61. The van der Waals surface area contributed by atoms with Crippen LogP contribution < -0.4 is 4.74 Å². The Balaban J connectivity index is 1.72. The monoisotopic (exact) mass is 297 g/mol. The second-order valence-electron chi connectivity index (χ2n) is 4.89. The molecular formula is C17H15NO4. The molecule has 1 fully saturated rings. The quantitative estimate of drug-likeness (QED) is 0.870. The number of hydrogen-bond acceptors (Lipinski definition) is 4. The zero-order chi connectivity index (χ0) is 15.4. The zero-order valence-electron chi connectivity index (χ0n) is 11.8. The molecule has 1 heterocycles. The van der Waals surface area contributed by atoms with E-state index in [9.17, 15) is 9.59 Å². The van der Waals surface area contributed by atoms with E-state index in [0.717, 1.165) is 10.5 Å². The molecule has 1 atom stereocenters. The Hall–Kier alpha value is -2.82. The number of rotatable bonds is 4. The number of cyclic esters (lactones) is 1. The molecule has 3 rings (SSSR count). The van der Waals surface area contributed by atoms with Crippen molar-refractivity contribution in [3.05, 3.63) is 66.2 Å². The van der Waals surface area contributed by atoms with Crippen molar-refractivity contribution in [2.45, 2.75) is 12.6 Å². The molecule has 1 saturated heterocycles. The summed E-state index contributed by atoms with van der Waals surface area (Å²) >= 11 is 0.